The van der Waals surface area contributed by atoms with Gasteiger partial charge in [-0.1, -0.05) is 0 Å². The summed E-state index contributed by atoms with van der Waals surface area (Å²) < 4.78 is 0. The number of aromatic nitrogens is 1. The van der Waals surface area contributed by atoms with Gasteiger partial charge in [0.05, 0.1) is 6.54 Å². The molecule has 1 aromatic rings. The van der Waals surface area contributed by atoms with Crippen LogP contribution in [0.4, 0.5) is 0 Å². The third-order valence-electron chi connectivity index (χ3n) is 1.01. The van der Waals surface area contributed by atoms with Gasteiger partial charge in [-0.2, -0.15) is 0 Å². The molecule has 0 fully saturated rings. The summed E-state index contributed by atoms with van der Waals surface area (Å²) in [6.45, 7) is 0.524. The molecule has 1 rings (SSSR count). The first-order chi connectivity index (χ1) is 4.43. The van der Waals surface area contributed by atoms with Crippen LogP contribution in [0.1, 0.15) is 5.69 Å². The van der Waals surface area contributed by atoms with Crippen molar-refractivity contribution in [2.75, 3.05) is 0 Å². The summed E-state index contributed by atoms with van der Waals surface area (Å²) in [6, 6.07) is 3.77. The molecule has 0 saturated heterocycles. The van der Waals surface area contributed by atoms with Crippen molar-refractivity contribution < 1.29 is 4.79 Å². The van der Waals surface area contributed by atoms with E-state index in [-0.39, 0.29) is 0 Å². The summed E-state index contributed by atoms with van der Waals surface area (Å²) in [4.78, 5) is 12.6. The zero-order chi connectivity index (χ0) is 6.53. The van der Waals surface area contributed by atoms with Gasteiger partial charge in [0.25, 0.3) is 0 Å². The first-order valence-electron chi connectivity index (χ1n) is 2.66. The number of hydrogen-bond acceptors (Lipinski definition) is 1. The normalized spacial score (nSPS) is 8.89. The molecule has 2 N–H and O–H groups in total. The van der Waals surface area contributed by atoms with Gasteiger partial charge in [0.1, 0.15) is 0 Å². The predicted molar refractivity (Wildman–Crippen MR) is 33.3 cm³/mol. The van der Waals surface area contributed by atoms with Crippen LogP contribution in [-0.2, 0) is 11.3 Å². The van der Waals surface area contributed by atoms with Gasteiger partial charge in [0.15, 0.2) is 0 Å². The van der Waals surface area contributed by atoms with Gasteiger partial charge in [0, 0.05) is 11.9 Å². The van der Waals surface area contributed by atoms with Crippen LogP contribution in [0.3, 0.4) is 0 Å². The highest BCUT2D eigenvalue weighted by atomic mass is 16.1. The van der Waals surface area contributed by atoms with Gasteiger partial charge < -0.3 is 10.3 Å². The summed E-state index contributed by atoms with van der Waals surface area (Å²) in [5, 5.41) is 2.41. The molecule has 0 aromatic carbocycles. The number of carbonyl (C=O) groups excluding carboxylic acids is 1. The Balaban J connectivity index is 2.38. The van der Waals surface area contributed by atoms with E-state index in [1.807, 2.05) is 18.3 Å². The molecule has 0 spiro atoms. The second-order valence-corrected chi connectivity index (χ2v) is 1.65. The Morgan fingerprint density at radius 2 is 2.67 bits per heavy atom. The summed E-state index contributed by atoms with van der Waals surface area (Å²) in [5.41, 5.74) is 0.985. The summed E-state index contributed by atoms with van der Waals surface area (Å²) >= 11 is 0. The number of rotatable bonds is 3. The fourth-order valence-electron chi connectivity index (χ4n) is 0.609. The average molecular weight is 123 g/mol. The van der Waals surface area contributed by atoms with Gasteiger partial charge >= 0.3 is 6.41 Å². The number of H-pyrrole nitrogens is 1. The smallest absolute Gasteiger partial charge is 0.309 e. The SMILES string of the molecule is O=[C]NCc1ccc[nH]1. The van der Waals surface area contributed by atoms with E-state index in [2.05, 4.69) is 10.3 Å². The van der Waals surface area contributed by atoms with Gasteiger partial charge in [-0.05, 0) is 12.1 Å². The van der Waals surface area contributed by atoms with Crippen molar-refractivity contribution in [2.45, 2.75) is 6.54 Å². The third kappa shape index (κ3) is 1.60. The van der Waals surface area contributed by atoms with E-state index in [1.165, 1.54) is 0 Å². The topological polar surface area (TPSA) is 44.9 Å². The lowest BCUT2D eigenvalue weighted by Gasteiger charge is -1.90. The van der Waals surface area contributed by atoms with E-state index in [9.17, 15) is 4.79 Å². The number of aromatic amines is 1. The third-order valence-corrected chi connectivity index (χ3v) is 1.01. The highest BCUT2D eigenvalue weighted by molar-refractivity contribution is 5.47. The van der Waals surface area contributed by atoms with Crippen molar-refractivity contribution in [1.82, 2.24) is 10.3 Å². The minimum Gasteiger partial charge on any atom is -0.364 e. The number of nitrogens with one attached hydrogen (secondary N) is 2. The molecule has 1 heterocycles. The molecular weight excluding hydrogens is 116 g/mol. The molecule has 1 radical (unpaired) electrons. The fraction of sp³-hybridized carbons (Fsp3) is 0.167. The average Bonchev–Trinajstić information content (AvgIpc) is 2.34. The lowest BCUT2D eigenvalue weighted by Crippen LogP contribution is -2.09. The van der Waals surface area contributed by atoms with Crippen molar-refractivity contribution in [1.29, 1.82) is 0 Å². The lowest BCUT2D eigenvalue weighted by molar-refractivity contribution is 0.541. The molecule has 47 valence electrons. The Kier molecular flexibility index (Phi) is 1.90. The van der Waals surface area contributed by atoms with Crippen molar-refractivity contribution in [3.63, 3.8) is 0 Å². The van der Waals surface area contributed by atoms with Crippen molar-refractivity contribution in [2.24, 2.45) is 0 Å². The molecule has 0 aliphatic carbocycles. The molecule has 0 saturated carbocycles. The van der Waals surface area contributed by atoms with Crippen LogP contribution >= 0.6 is 0 Å². The van der Waals surface area contributed by atoms with Crippen LogP contribution in [0.5, 0.6) is 0 Å². The number of amides is 1. The van der Waals surface area contributed by atoms with E-state index < -0.39 is 0 Å². The van der Waals surface area contributed by atoms with Crippen molar-refractivity contribution >= 4 is 6.41 Å². The molecule has 0 bridgehead atoms. The van der Waals surface area contributed by atoms with E-state index in [0.717, 1.165) is 5.69 Å². The van der Waals surface area contributed by atoms with E-state index in [4.69, 9.17) is 0 Å². The van der Waals surface area contributed by atoms with E-state index in [1.54, 1.807) is 6.41 Å². The van der Waals surface area contributed by atoms with E-state index in [0.29, 0.717) is 6.54 Å². The monoisotopic (exact) mass is 123 g/mol. The molecule has 3 heteroatoms. The second kappa shape index (κ2) is 2.91. The van der Waals surface area contributed by atoms with Crippen LogP contribution < -0.4 is 5.32 Å². The first kappa shape index (κ1) is 5.88. The molecule has 0 aliphatic heterocycles. The van der Waals surface area contributed by atoms with Crippen LogP contribution in [-0.4, -0.2) is 11.4 Å². The summed E-state index contributed by atoms with van der Waals surface area (Å²) in [5.74, 6) is 0. The molecule has 1 amide bonds. The van der Waals surface area contributed by atoms with Crippen LogP contribution in [0, 0.1) is 0 Å². The maximum atomic E-state index is 9.65. The quantitative estimate of drug-likeness (QED) is 0.553. The predicted octanol–water partition coefficient (Wildman–Crippen LogP) is 0.172. The van der Waals surface area contributed by atoms with Gasteiger partial charge in [-0.25, -0.2) is 0 Å². The Bertz CT molecular complexity index is 169. The molecule has 3 nitrogen and oxygen atoms in total. The van der Waals surface area contributed by atoms with Gasteiger partial charge in [-0.15, -0.1) is 0 Å². The van der Waals surface area contributed by atoms with Crippen molar-refractivity contribution in [3.8, 4) is 0 Å². The lowest BCUT2D eigenvalue weighted by atomic mass is 10.4. The Labute approximate surface area is 53.1 Å². The molecule has 0 unspecified atom stereocenters. The fourth-order valence-corrected chi connectivity index (χ4v) is 0.609. The maximum absolute atomic E-state index is 9.65. The van der Waals surface area contributed by atoms with Crippen LogP contribution in [0.2, 0.25) is 0 Å². The summed E-state index contributed by atoms with van der Waals surface area (Å²) in [7, 11) is 0. The van der Waals surface area contributed by atoms with Gasteiger partial charge in [0.2, 0.25) is 0 Å². The van der Waals surface area contributed by atoms with Crippen LogP contribution in [0.15, 0.2) is 18.3 Å². The molecule has 0 aliphatic rings. The Morgan fingerprint density at radius 1 is 1.78 bits per heavy atom. The maximum Gasteiger partial charge on any atom is 0.309 e. The number of hydrogen-bond donors (Lipinski definition) is 2. The molecule has 0 atom stereocenters. The highest BCUT2D eigenvalue weighted by Crippen LogP contribution is 1.90. The molecule has 1 aromatic heterocycles. The zero-order valence-corrected chi connectivity index (χ0v) is 4.85. The minimum atomic E-state index is 0.524. The highest BCUT2D eigenvalue weighted by Gasteiger charge is 1.87. The zero-order valence-electron chi connectivity index (χ0n) is 4.85. The Hall–Kier alpha value is -1.25. The minimum absolute atomic E-state index is 0.524. The Morgan fingerprint density at radius 3 is 3.22 bits per heavy atom. The van der Waals surface area contributed by atoms with Gasteiger partial charge in [-0.3, -0.25) is 4.79 Å². The standard InChI is InChI=1S/C6H7N2O/c9-5-7-4-6-2-1-3-8-6/h1-3,8H,4H2,(H,7,9). The molecular formula is C6H7N2O. The largest absolute Gasteiger partial charge is 0.364 e. The summed E-state index contributed by atoms with van der Waals surface area (Å²) in [6.07, 6.45) is 3.39. The van der Waals surface area contributed by atoms with Crippen LogP contribution in [0.25, 0.3) is 0 Å². The first-order valence-corrected chi connectivity index (χ1v) is 2.66. The van der Waals surface area contributed by atoms with E-state index >= 15 is 0 Å². The molecule has 9 heavy (non-hydrogen) atoms. The van der Waals surface area contributed by atoms with Crippen molar-refractivity contribution in [3.05, 3.63) is 24.0 Å². The second-order valence-electron chi connectivity index (χ2n) is 1.65.